The molecule has 1 aliphatic rings. The predicted octanol–water partition coefficient (Wildman–Crippen LogP) is -1.53. The van der Waals surface area contributed by atoms with Gasteiger partial charge < -0.3 is 68.9 Å². The standard InChI is InChI=1S/C47H74N10O14S2/c1-23(2)18-31(41(64)51-30(13-15-36(49)59)46(69)57-17-7-8-35(57)44(67)55-34(22-73)47(70)71)52-43(66)33(20-26-9-11-27(58)12-10-26)53-42(65)32(19-24(3)4)54-45(68)38(25(5)6)56-40(63)29(14-16-37(60)61)50-39(62)28(48)21-72/h9-12,23-25,28-35,38,58,72-73H,7-8,13-22,48H2,1-6H3,(H2,49,59)(H,50,62)(H,51,64)(H,52,66)(H,53,65)(H,54,68)(H,55,67)(H,56,63)(H,60,61)(H,70,71)/t28-,29-,30-,31-,32-,33-,34-,35-,38-/m0/s1. The van der Waals surface area contributed by atoms with E-state index in [0.717, 1.165) is 0 Å². The summed E-state index contributed by atoms with van der Waals surface area (Å²) in [6.07, 6.45) is -1.15. The Balaban J connectivity index is 2.49. The Kier molecular flexibility index (Phi) is 26.6. The largest absolute Gasteiger partial charge is 0.508 e. The van der Waals surface area contributed by atoms with E-state index in [1.165, 1.54) is 29.2 Å². The summed E-state index contributed by atoms with van der Waals surface area (Å²) in [4.78, 5) is 147. The summed E-state index contributed by atoms with van der Waals surface area (Å²) in [5.41, 5.74) is 11.6. The first-order chi connectivity index (χ1) is 34.2. The predicted molar refractivity (Wildman–Crippen MR) is 272 cm³/mol. The van der Waals surface area contributed by atoms with Crippen molar-refractivity contribution in [3.8, 4) is 5.75 Å². The first kappa shape index (κ1) is 63.0. The van der Waals surface area contributed by atoms with Crippen molar-refractivity contribution >= 4 is 90.4 Å². The number of nitrogens with zero attached hydrogens (tertiary/aromatic N) is 1. The number of thiol groups is 2. The summed E-state index contributed by atoms with van der Waals surface area (Å²) in [5, 5.41) is 46.7. The minimum Gasteiger partial charge on any atom is -0.508 e. The molecule has 408 valence electrons. The lowest BCUT2D eigenvalue weighted by Crippen LogP contribution is -2.61. The van der Waals surface area contributed by atoms with Gasteiger partial charge >= 0.3 is 11.9 Å². The van der Waals surface area contributed by atoms with E-state index in [0.29, 0.717) is 12.0 Å². The number of nitrogens with one attached hydrogen (secondary N) is 7. The number of carboxylic acids is 2. The van der Waals surface area contributed by atoms with Crippen LogP contribution >= 0.6 is 25.3 Å². The minimum atomic E-state index is -1.45. The van der Waals surface area contributed by atoms with Gasteiger partial charge in [0.25, 0.3) is 0 Å². The molecule has 73 heavy (non-hydrogen) atoms. The molecule has 0 bridgehead atoms. The number of benzene rings is 1. The summed E-state index contributed by atoms with van der Waals surface area (Å²) in [5.74, 6) is -11.4. The third-order valence-electron chi connectivity index (χ3n) is 11.7. The van der Waals surface area contributed by atoms with E-state index in [9.17, 15) is 68.1 Å². The van der Waals surface area contributed by atoms with Gasteiger partial charge in [-0.3, -0.25) is 47.9 Å². The lowest BCUT2D eigenvalue weighted by Gasteiger charge is -2.31. The molecule has 0 aromatic heterocycles. The van der Waals surface area contributed by atoms with Crippen LogP contribution in [0.4, 0.5) is 0 Å². The molecule has 9 amide bonds. The van der Waals surface area contributed by atoms with E-state index in [4.69, 9.17) is 11.5 Å². The number of phenolic OH excluding ortho intramolecular Hbond substituents is 1. The number of hydrogen-bond donors (Lipinski definition) is 14. The third-order valence-corrected chi connectivity index (χ3v) is 12.4. The highest BCUT2D eigenvalue weighted by molar-refractivity contribution is 7.80. The zero-order valence-electron chi connectivity index (χ0n) is 42.1. The van der Waals surface area contributed by atoms with Crippen LogP contribution in [0.3, 0.4) is 0 Å². The van der Waals surface area contributed by atoms with E-state index in [1.54, 1.807) is 41.5 Å². The normalized spacial score (nSPS) is 16.7. The second-order valence-electron chi connectivity index (χ2n) is 19.2. The fourth-order valence-corrected chi connectivity index (χ4v) is 8.16. The van der Waals surface area contributed by atoms with Gasteiger partial charge in [-0.1, -0.05) is 53.7 Å². The monoisotopic (exact) mass is 1070 g/mol. The highest BCUT2D eigenvalue weighted by Gasteiger charge is 2.40. The van der Waals surface area contributed by atoms with Gasteiger partial charge in [0.1, 0.15) is 54.1 Å². The minimum absolute atomic E-state index is 0.000408. The van der Waals surface area contributed by atoms with Crippen LogP contribution in [0.1, 0.15) is 98.5 Å². The van der Waals surface area contributed by atoms with Crippen LogP contribution in [0.25, 0.3) is 0 Å². The Morgan fingerprint density at radius 2 is 1.12 bits per heavy atom. The maximum atomic E-state index is 14.5. The Labute approximate surface area is 435 Å². The van der Waals surface area contributed by atoms with Crippen LogP contribution in [0.15, 0.2) is 24.3 Å². The van der Waals surface area contributed by atoms with E-state index in [2.05, 4.69) is 62.5 Å². The number of aliphatic carboxylic acids is 2. The van der Waals surface area contributed by atoms with Gasteiger partial charge in [-0.05, 0) is 74.0 Å². The lowest BCUT2D eigenvalue weighted by molar-refractivity contribution is -0.144. The highest BCUT2D eigenvalue weighted by Crippen LogP contribution is 2.21. The molecule has 1 heterocycles. The van der Waals surface area contributed by atoms with Crippen molar-refractivity contribution in [2.24, 2.45) is 29.2 Å². The zero-order chi connectivity index (χ0) is 55.3. The third kappa shape index (κ3) is 21.5. The topological polar surface area (TPSA) is 388 Å². The number of phenols is 1. The van der Waals surface area contributed by atoms with E-state index in [1.807, 2.05) is 0 Å². The van der Waals surface area contributed by atoms with Gasteiger partial charge in [-0.15, -0.1) is 0 Å². The van der Waals surface area contributed by atoms with E-state index >= 15 is 0 Å². The molecule has 1 aromatic carbocycles. The molecule has 24 nitrogen and oxygen atoms in total. The molecular formula is C47H74N10O14S2. The van der Waals surface area contributed by atoms with Crippen molar-refractivity contribution in [1.29, 1.82) is 0 Å². The fourth-order valence-electron chi connectivity index (χ4n) is 7.75. The van der Waals surface area contributed by atoms with Crippen LogP contribution in [0, 0.1) is 17.8 Å². The zero-order valence-corrected chi connectivity index (χ0v) is 43.8. The van der Waals surface area contributed by atoms with Crippen LogP contribution in [-0.4, -0.2) is 158 Å². The van der Waals surface area contributed by atoms with Crippen LogP contribution in [-0.2, 0) is 59.2 Å². The molecule has 2 rings (SSSR count). The molecule has 1 aliphatic heterocycles. The molecule has 0 radical (unpaired) electrons. The first-order valence-corrected chi connectivity index (χ1v) is 25.4. The number of carbonyl (C=O) groups is 11. The van der Waals surface area contributed by atoms with Gasteiger partial charge in [0.15, 0.2) is 0 Å². The molecule has 0 saturated carbocycles. The number of aromatic hydroxyl groups is 1. The summed E-state index contributed by atoms with van der Waals surface area (Å²) in [6.45, 7) is 10.3. The van der Waals surface area contributed by atoms with Crippen LogP contribution < -0.4 is 48.7 Å². The number of carboxylic acid groups (broad SMARTS) is 2. The number of likely N-dealkylation sites (tertiary alicyclic amines) is 1. The highest BCUT2D eigenvalue weighted by atomic mass is 32.1. The summed E-state index contributed by atoms with van der Waals surface area (Å²) in [7, 11) is 0. The van der Waals surface area contributed by atoms with Crippen molar-refractivity contribution < 1.29 is 68.1 Å². The van der Waals surface area contributed by atoms with Gasteiger partial charge in [0, 0.05) is 37.3 Å². The van der Waals surface area contributed by atoms with Crippen molar-refractivity contribution in [1.82, 2.24) is 42.1 Å². The van der Waals surface area contributed by atoms with Gasteiger partial charge in [0.05, 0.1) is 6.04 Å². The second kappa shape index (κ2) is 30.8. The average Bonchev–Trinajstić information content (AvgIpc) is 3.81. The smallest absolute Gasteiger partial charge is 0.327 e. The molecular weight excluding hydrogens is 993 g/mol. The number of amides is 9. The Hall–Kier alpha value is -6.15. The molecule has 0 unspecified atom stereocenters. The average molecular weight is 1070 g/mol. The van der Waals surface area contributed by atoms with Crippen molar-refractivity contribution in [3.05, 3.63) is 29.8 Å². The van der Waals surface area contributed by atoms with Crippen molar-refractivity contribution in [3.63, 3.8) is 0 Å². The number of carbonyl (C=O) groups excluding carboxylic acids is 9. The number of nitrogens with two attached hydrogens (primary N) is 2. The van der Waals surface area contributed by atoms with Gasteiger partial charge in [-0.25, -0.2) is 4.79 Å². The van der Waals surface area contributed by atoms with Crippen LogP contribution in [0.2, 0.25) is 0 Å². The Morgan fingerprint density at radius 3 is 1.62 bits per heavy atom. The molecule has 1 saturated heterocycles. The second-order valence-corrected chi connectivity index (χ2v) is 19.9. The lowest BCUT2D eigenvalue weighted by atomic mass is 9.98. The molecule has 9 atom stereocenters. The summed E-state index contributed by atoms with van der Waals surface area (Å²) < 4.78 is 0. The molecule has 14 N–H and O–H groups in total. The maximum Gasteiger partial charge on any atom is 0.327 e. The quantitative estimate of drug-likeness (QED) is 0.0375. The van der Waals surface area contributed by atoms with Crippen molar-refractivity contribution in [2.45, 2.75) is 154 Å². The van der Waals surface area contributed by atoms with Crippen LogP contribution in [0.5, 0.6) is 5.75 Å². The Morgan fingerprint density at radius 1 is 0.630 bits per heavy atom. The fraction of sp³-hybridized carbons (Fsp3) is 0.638. The molecule has 1 fully saturated rings. The summed E-state index contributed by atoms with van der Waals surface area (Å²) >= 11 is 7.97. The SMILES string of the molecule is CC(C)C[C@H](NC(=O)[C@H](Cc1ccc(O)cc1)NC(=O)[C@H](CC(C)C)NC(=O)[C@@H](NC(=O)[C@H](CCC(=O)O)NC(=O)[C@@H](N)CS)C(C)C)C(=O)N[C@@H](CCC(N)=O)C(=O)N1CCC[C@H]1C(=O)N[C@@H](CS)C(=O)O. The van der Waals surface area contributed by atoms with Crippen molar-refractivity contribution in [2.75, 3.05) is 18.1 Å². The number of hydrogen-bond acceptors (Lipinski definition) is 15. The maximum absolute atomic E-state index is 14.5. The summed E-state index contributed by atoms with van der Waals surface area (Å²) in [6, 6.07) is -6.15. The van der Waals surface area contributed by atoms with Gasteiger partial charge in [-0.2, -0.15) is 25.3 Å². The molecule has 26 heteroatoms. The van der Waals surface area contributed by atoms with E-state index in [-0.39, 0.29) is 80.6 Å². The molecule has 0 aliphatic carbocycles. The molecule has 1 aromatic rings. The number of primary amides is 1. The number of rotatable bonds is 31. The van der Waals surface area contributed by atoms with E-state index < -0.39 is 132 Å². The van der Waals surface area contributed by atoms with Gasteiger partial charge in [0.2, 0.25) is 53.2 Å². The Bertz CT molecular complexity index is 2110. The first-order valence-electron chi connectivity index (χ1n) is 24.1. The molecule has 0 spiro atoms.